The molecule has 1 aromatic carbocycles. The van der Waals surface area contributed by atoms with Gasteiger partial charge in [-0.05, 0) is 12.0 Å². The van der Waals surface area contributed by atoms with Crippen LogP contribution in [0.1, 0.15) is 31.7 Å². The smallest absolute Gasteiger partial charge is 0.328 e. The first-order valence-electron chi connectivity index (χ1n) is 6.58. The maximum absolute atomic E-state index is 11.9. The molecule has 0 fully saturated rings. The number of ether oxygens (including phenoxy) is 1. The highest BCUT2D eigenvalue weighted by Gasteiger charge is 2.20. The van der Waals surface area contributed by atoms with Crippen molar-refractivity contribution in [2.45, 2.75) is 38.6 Å². The van der Waals surface area contributed by atoms with Crippen LogP contribution in [0.4, 0.5) is 0 Å². The number of rotatable bonds is 7. The van der Waals surface area contributed by atoms with E-state index in [9.17, 15) is 9.59 Å². The van der Waals surface area contributed by atoms with Gasteiger partial charge < -0.3 is 10.1 Å². The lowest BCUT2D eigenvalue weighted by Crippen LogP contribution is -2.42. The third kappa shape index (κ3) is 5.55. The number of benzene rings is 1. The van der Waals surface area contributed by atoms with Crippen molar-refractivity contribution >= 4 is 11.9 Å². The summed E-state index contributed by atoms with van der Waals surface area (Å²) in [6, 6.07) is 8.91. The first kappa shape index (κ1) is 15.2. The van der Waals surface area contributed by atoms with E-state index in [4.69, 9.17) is 4.74 Å². The van der Waals surface area contributed by atoms with Crippen molar-refractivity contribution in [3.63, 3.8) is 0 Å². The molecule has 0 aliphatic heterocycles. The van der Waals surface area contributed by atoms with Gasteiger partial charge in [0.1, 0.15) is 6.04 Å². The Morgan fingerprint density at radius 1 is 1.26 bits per heavy atom. The molecular formula is C15H21NO3. The second-order valence-corrected chi connectivity index (χ2v) is 4.45. The van der Waals surface area contributed by atoms with Crippen molar-refractivity contribution in [1.29, 1.82) is 0 Å². The molecule has 1 amide bonds. The number of carbonyl (C=O) groups is 2. The van der Waals surface area contributed by atoms with Gasteiger partial charge in [0.15, 0.2) is 0 Å². The molecule has 0 spiro atoms. The quantitative estimate of drug-likeness (QED) is 0.766. The molecule has 4 heteroatoms. The van der Waals surface area contributed by atoms with Crippen molar-refractivity contribution in [2.75, 3.05) is 7.11 Å². The lowest BCUT2D eigenvalue weighted by molar-refractivity contribution is -0.145. The van der Waals surface area contributed by atoms with Crippen LogP contribution in [0.2, 0.25) is 0 Å². The summed E-state index contributed by atoms with van der Waals surface area (Å²) in [5.41, 5.74) is 0.930. The summed E-state index contributed by atoms with van der Waals surface area (Å²) in [6.07, 6.45) is 2.75. The number of methoxy groups -OCH3 is 1. The first-order valence-corrected chi connectivity index (χ1v) is 6.58. The van der Waals surface area contributed by atoms with Gasteiger partial charge in [-0.2, -0.15) is 0 Å². The van der Waals surface area contributed by atoms with Gasteiger partial charge in [0.25, 0.3) is 0 Å². The molecule has 1 aromatic rings. The summed E-state index contributed by atoms with van der Waals surface area (Å²) in [5.74, 6) is -0.535. The van der Waals surface area contributed by atoms with Crippen molar-refractivity contribution < 1.29 is 14.3 Å². The van der Waals surface area contributed by atoms with Gasteiger partial charge in [0.05, 0.1) is 13.5 Å². The number of unbranched alkanes of at least 4 members (excludes halogenated alkanes) is 1. The lowest BCUT2D eigenvalue weighted by Gasteiger charge is -2.16. The standard InChI is InChI=1S/C15H21NO3/c1-3-4-10-13(15(18)19-2)16-14(17)11-12-8-6-5-7-9-12/h5-9,13H,3-4,10-11H2,1-2H3,(H,16,17)/t13-/m1/s1. The average Bonchev–Trinajstić information content (AvgIpc) is 2.43. The highest BCUT2D eigenvalue weighted by molar-refractivity contribution is 5.85. The Balaban J connectivity index is 2.53. The maximum Gasteiger partial charge on any atom is 0.328 e. The van der Waals surface area contributed by atoms with Crippen LogP contribution in [0.5, 0.6) is 0 Å². The summed E-state index contributed by atoms with van der Waals surface area (Å²) >= 11 is 0. The predicted molar refractivity (Wildman–Crippen MR) is 73.6 cm³/mol. The van der Waals surface area contributed by atoms with Gasteiger partial charge in [-0.1, -0.05) is 50.1 Å². The minimum Gasteiger partial charge on any atom is -0.467 e. The second kappa shape index (κ2) is 8.29. The topological polar surface area (TPSA) is 55.4 Å². The zero-order valence-corrected chi connectivity index (χ0v) is 11.5. The normalized spacial score (nSPS) is 11.7. The Kier molecular flexibility index (Phi) is 6.64. The van der Waals surface area contributed by atoms with Crippen LogP contribution >= 0.6 is 0 Å². The number of carbonyl (C=O) groups excluding carboxylic acids is 2. The molecule has 0 unspecified atom stereocenters. The SMILES string of the molecule is CCCC[C@@H](NC(=O)Cc1ccccc1)C(=O)OC. The highest BCUT2D eigenvalue weighted by atomic mass is 16.5. The molecule has 0 aliphatic rings. The van der Waals surface area contributed by atoms with Crippen LogP contribution < -0.4 is 5.32 Å². The van der Waals surface area contributed by atoms with Crippen LogP contribution in [-0.2, 0) is 20.7 Å². The number of esters is 1. The summed E-state index contributed by atoms with van der Waals surface area (Å²) in [4.78, 5) is 23.5. The number of hydrogen-bond donors (Lipinski definition) is 1. The average molecular weight is 263 g/mol. The van der Waals surface area contributed by atoms with Crippen molar-refractivity contribution in [2.24, 2.45) is 0 Å². The van der Waals surface area contributed by atoms with Crippen molar-refractivity contribution in [1.82, 2.24) is 5.32 Å². The Morgan fingerprint density at radius 3 is 2.53 bits per heavy atom. The molecule has 4 nitrogen and oxygen atoms in total. The van der Waals surface area contributed by atoms with Gasteiger partial charge in [-0.3, -0.25) is 4.79 Å². The molecule has 1 atom stereocenters. The van der Waals surface area contributed by atoms with Gasteiger partial charge in [0, 0.05) is 0 Å². The molecule has 0 heterocycles. The Morgan fingerprint density at radius 2 is 1.95 bits per heavy atom. The van der Waals surface area contributed by atoms with Crippen LogP contribution in [0.25, 0.3) is 0 Å². The first-order chi connectivity index (χ1) is 9.17. The van der Waals surface area contributed by atoms with E-state index in [1.165, 1.54) is 7.11 Å². The summed E-state index contributed by atoms with van der Waals surface area (Å²) in [7, 11) is 1.34. The van der Waals surface area contributed by atoms with Crippen LogP contribution in [0, 0.1) is 0 Å². The molecule has 0 aliphatic carbocycles. The van der Waals surface area contributed by atoms with Gasteiger partial charge >= 0.3 is 5.97 Å². The van der Waals surface area contributed by atoms with E-state index in [2.05, 4.69) is 5.32 Å². The summed E-state index contributed by atoms with van der Waals surface area (Å²) in [6.45, 7) is 2.04. The van der Waals surface area contributed by atoms with Crippen molar-refractivity contribution in [3.8, 4) is 0 Å². The van der Waals surface area contributed by atoms with Crippen LogP contribution in [-0.4, -0.2) is 25.0 Å². The highest BCUT2D eigenvalue weighted by Crippen LogP contribution is 2.04. The maximum atomic E-state index is 11.9. The molecule has 0 saturated carbocycles. The van der Waals surface area contributed by atoms with E-state index in [-0.39, 0.29) is 18.3 Å². The molecular weight excluding hydrogens is 242 g/mol. The van der Waals surface area contributed by atoms with Crippen LogP contribution in [0.3, 0.4) is 0 Å². The van der Waals surface area contributed by atoms with E-state index >= 15 is 0 Å². The molecule has 1 rings (SSSR count). The molecule has 0 bridgehead atoms. The summed E-state index contributed by atoms with van der Waals surface area (Å²) < 4.78 is 4.71. The van der Waals surface area contributed by atoms with Crippen molar-refractivity contribution in [3.05, 3.63) is 35.9 Å². The lowest BCUT2D eigenvalue weighted by atomic mass is 10.1. The van der Waals surface area contributed by atoms with Gasteiger partial charge in [-0.15, -0.1) is 0 Å². The Hall–Kier alpha value is -1.84. The molecule has 0 saturated heterocycles. The fraction of sp³-hybridized carbons (Fsp3) is 0.467. The third-order valence-corrected chi connectivity index (χ3v) is 2.87. The minimum absolute atomic E-state index is 0.155. The fourth-order valence-electron chi connectivity index (χ4n) is 1.83. The zero-order valence-electron chi connectivity index (χ0n) is 11.5. The van der Waals surface area contributed by atoms with E-state index < -0.39 is 6.04 Å². The van der Waals surface area contributed by atoms with E-state index in [1.807, 2.05) is 37.3 Å². The van der Waals surface area contributed by atoms with Crippen LogP contribution in [0.15, 0.2) is 30.3 Å². The second-order valence-electron chi connectivity index (χ2n) is 4.45. The molecule has 19 heavy (non-hydrogen) atoms. The minimum atomic E-state index is -0.541. The molecule has 1 N–H and O–H groups in total. The number of hydrogen-bond acceptors (Lipinski definition) is 3. The van der Waals surface area contributed by atoms with E-state index in [1.54, 1.807) is 0 Å². The van der Waals surface area contributed by atoms with Gasteiger partial charge in [-0.25, -0.2) is 4.79 Å². The molecule has 0 aromatic heterocycles. The van der Waals surface area contributed by atoms with Gasteiger partial charge in [0.2, 0.25) is 5.91 Å². The largest absolute Gasteiger partial charge is 0.467 e. The number of nitrogens with one attached hydrogen (secondary N) is 1. The Labute approximate surface area is 114 Å². The number of amides is 1. The monoisotopic (exact) mass is 263 g/mol. The molecule has 104 valence electrons. The third-order valence-electron chi connectivity index (χ3n) is 2.87. The summed E-state index contributed by atoms with van der Waals surface area (Å²) in [5, 5.41) is 2.74. The zero-order chi connectivity index (χ0) is 14.1. The predicted octanol–water partition coefficient (Wildman–Crippen LogP) is 2.08. The Bertz CT molecular complexity index is 403. The van der Waals surface area contributed by atoms with E-state index in [0.717, 1.165) is 18.4 Å². The van der Waals surface area contributed by atoms with E-state index in [0.29, 0.717) is 6.42 Å². The molecule has 0 radical (unpaired) electrons. The fourth-order valence-corrected chi connectivity index (χ4v) is 1.83.